The molecule has 2 saturated heterocycles. The number of fused-ring (bicyclic) bond motifs is 1. The molecule has 0 aromatic carbocycles. The van der Waals surface area contributed by atoms with Crippen molar-refractivity contribution >= 4 is 17.3 Å². The van der Waals surface area contributed by atoms with Gasteiger partial charge in [0.05, 0.1) is 17.5 Å². The van der Waals surface area contributed by atoms with E-state index in [4.69, 9.17) is 0 Å². The number of halogens is 3. The number of likely N-dealkylation sites (tertiary alicyclic amines) is 2. The summed E-state index contributed by atoms with van der Waals surface area (Å²) in [7, 11) is 0. The lowest BCUT2D eigenvalue weighted by atomic mass is 9.75. The van der Waals surface area contributed by atoms with Gasteiger partial charge in [-0.05, 0) is 51.2 Å². The van der Waals surface area contributed by atoms with Crippen LogP contribution < -0.4 is 5.56 Å². The summed E-state index contributed by atoms with van der Waals surface area (Å²) in [5.74, 6) is -1.26. The van der Waals surface area contributed by atoms with E-state index >= 15 is 0 Å². The molecule has 2 aliphatic rings. The Labute approximate surface area is 203 Å². The average Bonchev–Trinajstić information content (AvgIpc) is 3.50. The van der Waals surface area contributed by atoms with Crippen molar-refractivity contribution in [3.05, 3.63) is 46.1 Å². The van der Waals surface area contributed by atoms with Crippen LogP contribution in [0.1, 0.15) is 48.2 Å². The monoisotopic (exact) mass is 505 g/mol. The lowest BCUT2D eigenvalue weighted by Gasteiger charge is -2.44. The summed E-state index contributed by atoms with van der Waals surface area (Å²) in [5.41, 5.74) is -1.94. The van der Waals surface area contributed by atoms with E-state index in [0.29, 0.717) is 37.1 Å². The van der Waals surface area contributed by atoms with Crippen molar-refractivity contribution in [1.29, 1.82) is 0 Å². The Morgan fingerprint density at radius 2 is 1.75 bits per heavy atom. The van der Waals surface area contributed by atoms with Crippen molar-refractivity contribution in [1.82, 2.24) is 34.2 Å². The minimum Gasteiger partial charge on any atom is -0.342 e. The fourth-order valence-corrected chi connectivity index (χ4v) is 5.14. The predicted molar refractivity (Wildman–Crippen MR) is 122 cm³/mol. The number of rotatable bonds is 3. The van der Waals surface area contributed by atoms with Crippen LogP contribution in [0.2, 0.25) is 0 Å². The fourth-order valence-electron chi connectivity index (χ4n) is 5.14. The Morgan fingerprint density at radius 1 is 1.06 bits per heavy atom. The molecule has 3 aromatic rings. The third kappa shape index (κ3) is 3.86. The van der Waals surface area contributed by atoms with Crippen LogP contribution in [0.5, 0.6) is 0 Å². The van der Waals surface area contributed by atoms with E-state index in [1.807, 2.05) is 0 Å². The molecule has 0 aliphatic carbocycles. The van der Waals surface area contributed by atoms with Crippen molar-refractivity contribution in [2.24, 2.45) is 5.41 Å². The zero-order chi connectivity index (χ0) is 25.7. The van der Waals surface area contributed by atoms with Crippen LogP contribution in [0, 0.1) is 12.3 Å². The normalized spacial score (nSPS) is 18.6. The first-order chi connectivity index (χ1) is 17.1. The number of aromatic amines is 1. The lowest BCUT2D eigenvalue weighted by molar-refractivity contribution is -0.237. The molecule has 13 heteroatoms. The van der Waals surface area contributed by atoms with Crippen LogP contribution in [0.25, 0.3) is 11.5 Å². The Kier molecular flexibility index (Phi) is 5.87. The van der Waals surface area contributed by atoms with Crippen molar-refractivity contribution in [3.63, 3.8) is 0 Å². The fraction of sp³-hybridized carbons (Fsp3) is 0.522. The van der Waals surface area contributed by atoms with Gasteiger partial charge in [0.2, 0.25) is 11.9 Å². The van der Waals surface area contributed by atoms with Gasteiger partial charge >= 0.3 is 6.18 Å². The Bertz CT molecular complexity index is 1360. The third-order valence-electron chi connectivity index (χ3n) is 7.33. The van der Waals surface area contributed by atoms with E-state index < -0.39 is 36.2 Å². The SMILES string of the molecule is Cc1c(C(=O)N2CCC(C(=O)N3CCCCC3)(C(F)(F)F)CC2)cnn1-c1nn2cccc2c(=O)[nH]1. The van der Waals surface area contributed by atoms with Gasteiger partial charge in [-0.25, -0.2) is 9.20 Å². The summed E-state index contributed by atoms with van der Waals surface area (Å²) in [6, 6.07) is 3.27. The molecule has 0 bridgehead atoms. The van der Waals surface area contributed by atoms with E-state index in [9.17, 15) is 27.6 Å². The number of carbonyl (C=O) groups is 2. The average molecular weight is 506 g/mol. The summed E-state index contributed by atoms with van der Waals surface area (Å²) in [5, 5.41) is 8.47. The number of nitrogens with zero attached hydrogens (tertiary/aromatic N) is 6. The van der Waals surface area contributed by atoms with E-state index in [2.05, 4.69) is 15.2 Å². The van der Waals surface area contributed by atoms with Crippen LogP contribution in [-0.2, 0) is 4.79 Å². The summed E-state index contributed by atoms with van der Waals surface area (Å²) < 4.78 is 45.4. The highest BCUT2D eigenvalue weighted by Gasteiger charge is 2.62. The van der Waals surface area contributed by atoms with Gasteiger partial charge in [0, 0.05) is 32.4 Å². The molecule has 3 aromatic heterocycles. The highest BCUT2D eigenvalue weighted by Crippen LogP contribution is 2.48. The summed E-state index contributed by atoms with van der Waals surface area (Å²) in [6.45, 7) is 1.88. The van der Waals surface area contributed by atoms with Gasteiger partial charge in [-0.3, -0.25) is 19.4 Å². The van der Waals surface area contributed by atoms with Crippen LogP contribution in [-0.4, -0.2) is 78.3 Å². The number of H-pyrrole nitrogens is 1. The molecule has 2 aliphatic heterocycles. The van der Waals surface area contributed by atoms with E-state index in [-0.39, 0.29) is 30.2 Å². The van der Waals surface area contributed by atoms with E-state index in [0.717, 1.165) is 6.42 Å². The number of nitrogens with one attached hydrogen (secondary N) is 1. The van der Waals surface area contributed by atoms with Crippen molar-refractivity contribution in [2.75, 3.05) is 26.2 Å². The third-order valence-corrected chi connectivity index (χ3v) is 7.33. The second kappa shape index (κ2) is 8.79. The molecule has 0 saturated carbocycles. The maximum Gasteiger partial charge on any atom is 0.403 e. The second-order valence-corrected chi connectivity index (χ2v) is 9.40. The number of amides is 2. The minimum absolute atomic E-state index is 0.0992. The highest BCUT2D eigenvalue weighted by molar-refractivity contribution is 5.95. The Balaban J connectivity index is 1.36. The number of hydrogen-bond acceptors (Lipinski definition) is 5. The standard InChI is InChI=1S/C23H26F3N7O3/c1-15-16(14-27-33(15)21-28-18(34)17-6-5-11-32(17)29-21)19(35)30-12-7-22(8-13-30,23(24,25)26)20(36)31-9-3-2-4-10-31/h5-6,11,14H,2-4,7-10,12-13H2,1H3,(H,28,29,34). The van der Waals surface area contributed by atoms with Gasteiger partial charge in [-0.1, -0.05) is 0 Å². The van der Waals surface area contributed by atoms with Crippen molar-refractivity contribution < 1.29 is 22.8 Å². The van der Waals surface area contributed by atoms with Gasteiger partial charge in [-0.15, -0.1) is 5.10 Å². The molecular weight excluding hydrogens is 479 g/mol. The van der Waals surface area contributed by atoms with Crippen molar-refractivity contribution in [3.8, 4) is 5.95 Å². The lowest BCUT2D eigenvalue weighted by Crippen LogP contribution is -2.58. The first kappa shape index (κ1) is 24.1. The van der Waals surface area contributed by atoms with Crippen LogP contribution >= 0.6 is 0 Å². The molecule has 0 spiro atoms. The molecule has 10 nitrogen and oxygen atoms in total. The summed E-state index contributed by atoms with van der Waals surface area (Å²) in [4.78, 5) is 43.8. The molecule has 5 rings (SSSR count). The number of aromatic nitrogens is 5. The number of hydrogen-bond donors (Lipinski definition) is 1. The number of piperidine rings is 2. The van der Waals surface area contributed by atoms with Crippen molar-refractivity contribution in [2.45, 2.75) is 45.2 Å². The first-order valence-electron chi connectivity index (χ1n) is 11.9. The maximum absolute atomic E-state index is 14.2. The van der Waals surface area contributed by atoms with Crippen LogP contribution in [0.4, 0.5) is 13.2 Å². The molecule has 0 radical (unpaired) electrons. The van der Waals surface area contributed by atoms with Gasteiger partial charge in [0.1, 0.15) is 10.9 Å². The van der Waals surface area contributed by atoms with E-state index in [1.165, 1.54) is 25.2 Å². The van der Waals surface area contributed by atoms with Crippen LogP contribution in [0.3, 0.4) is 0 Å². The first-order valence-corrected chi connectivity index (χ1v) is 11.9. The molecule has 2 amide bonds. The molecule has 0 unspecified atom stereocenters. The second-order valence-electron chi connectivity index (χ2n) is 9.40. The molecule has 2 fully saturated rings. The molecule has 192 valence electrons. The van der Waals surface area contributed by atoms with Gasteiger partial charge in [0.25, 0.3) is 11.5 Å². The molecular formula is C23H26F3N7O3. The Morgan fingerprint density at radius 3 is 2.42 bits per heavy atom. The topological polar surface area (TPSA) is 109 Å². The largest absolute Gasteiger partial charge is 0.403 e. The zero-order valence-electron chi connectivity index (χ0n) is 19.7. The minimum atomic E-state index is -4.70. The smallest absolute Gasteiger partial charge is 0.342 e. The summed E-state index contributed by atoms with van der Waals surface area (Å²) >= 11 is 0. The number of alkyl halides is 3. The van der Waals surface area contributed by atoms with E-state index in [1.54, 1.807) is 25.3 Å². The summed E-state index contributed by atoms with van der Waals surface area (Å²) in [6.07, 6.45) is -0.455. The van der Waals surface area contributed by atoms with Gasteiger partial charge in [-0.2, -0.15) is 18.3 Å². The number of carbonyl (C=O) groups excluding carboxylic acids is 2. The van der Waals surface area contributed by atoms with Gasteiger partial charge < -0.3 is 9.80 Å². The molecule has 5 heterocycles. The maximum atomic E-state index is 14.2. The quantitative estimate of drug-likeness (QED) is 0.588. The van der Waals surface area contributed by atoms with Crippen LogP contribution in [0.15, 0.2) is 29.3 Å². The zero-order valence-corrected chi connectivity index (χ0v) is 19.7. The van der Waals surface area contributed by atoms with Gasteiger partial charge in [0.15, 0.2) is 0 Å². The molecule has 1 N–H and O–H groups in total. The Hall–Kier alpha value is -3.64. The highest BCUT2D eigenvalue weighted by atomic mass is 19.4. The molecule has 0 atom stereocenters. The predicted octanol–water partition coefficient (Wildman–Crippen LogP) is 2.31. The molecule has 36 heavy (non-hydrogen) atoms.